The average molecular weight is 420 g/mol. The summed E-state index contributed by atoms with van der Waals surface area (Å²) < 4.78 is 1.10. The lowest BCUT2D eigenvalue weighted by Gasteiger charge is -2.06. The van der Waals surface area contributed by atoms with E-state index in [2.05, 4.69) is 39.0 Å². The minimum atomic E-state index is -0.0579. The highest BCUT2D eigenvalue weighted by Crippen LogP contribution is 2.32. The van der Waals surface area contributed by atoms with Crippen molar-refractivity contribution in [1.82, 2.24) is 10.3 Å². The second kappa shape index (κ2) is 7.02. The number of nitrogens with zero attached hydrogens (tertiary/aromatic N) is 1. The molecule has 2 aromatic heterocycles. The number of nitrogens with one attached hydrogen (secondary N) is 1. The van der Waals surface area contributed by atoms with Crippen LogP contribution in [-0.4, -0.2) is 10.9 Å². The third kappa shape index (κ3) is 3.53. The number of thiophene rings is 1. The molecule has 0 atom stereocenters. The van der Waals surface area contributed by atoms with E-state index in [0.717, 1.165) is 24.6 Å². The summed E-state index contributed by atoms with van der Waals surface area (Å²) in [6, 6.07) is 17.7. The predicted molar refractivity (Wildman–Crippen MR) is 97.9 cm³/mol. The molecule has 1 amide bonds. The molecule has 0 saturated carbocycles. The van der Waals surface area contributed by atoms with Crippen LogP contribution in [0, 0.1) is 2.88 Å². The van der Waals surface area contributed by atoms with E-state index >= 15 is 0 Å². The number of benzene rings is 1. The van der Waals surface area contributed by atoms with Gasteiger partial charge in [0.2, 0.25) is 0 Å². The summed E-state index contributed by atoms with van der Waals surface area (Å²) in [5.41, 5.74) is 2.89. The molecule has 5 heteroatoms. The van der Waals surface area contributed by atoms with Crippen LogP contribution in [0.3, 0.4) is 0 Å². The Hall–Kier alpha value is -1.73. The van der Waals surface area contributed by atoms with Crippen molar-refractivity contribution in [2.75, 3.05) is 0 Å². The molecule has 0 saturated heterocycles. The Morgan fingerprint density at radius 1 is 1.14 bits per heavy atom. The summed E-state index contributed by atoms with van der Waals surface area (Å²) in [5, 5.41) is 2.94. The zero-order chi connectivity index (χ0) is 15.4. The minimum Gasteiger partial charge on any atom is -0.346 e. The second-order valence-corrected chi connectivity index (χ2v) is 7.61. The van der Waals surface area contributed by atoms with Crippen molar-refractivity contribution >= 4 is 39.8 Å². The molecular weight excluding hydrogens is 407 g/mol. The first-order valence-corrected chi connectivity index (χ1v) is 8.66. The molecule has 3 rings (SSSR count). The molecule has 1 aromatic carbocycles. The van der Waals surface area contributed by atoms with Crippen molar-refractivity contribution in [1.29, 1.82) is 0 Å². The number of amides is 1. The van der Waals surface area contributed by atoms with Crippen LogP contribution >= 0.6 is 33.9 Å². The molecule has 2 heterocycles. The Morgan fingerprint density at radius 2 is 1.91 bits per heavy atom. The smallest absolute Gasteiger partial charge is 0.262 e. The molecule has 22 heavy (non-hydrogen) atoms. The monoisotopic (exact) mass is 420 g/mol. The van der Waals surface area contributed by atoms with Gasteiger partial charge < -0.3 is 5.32 Å². The number of pyridine rings is 1. The number of hydrogen-bond donors (Lipinski definition) is 1. The number of rotatable bonds is 4. The number of halogens is 1. The van der Waals surface area contributed by atoms with Gasteiger partial charge in [0.15, 0.2) is 0 Å². The summed E-state index contributed by atoms with van der Waals surface area (Å²) in [4.78, 5) is 17.5. The Labute approximate surface area is 146 Å². The predicted octanol–water partition coefficient (Wildman–Crippen LogP) is 4.34. The van der Waals surface area contributed by atoms with E-state index in [0.29, 0.717) is 6.54 Å². The van der Waals surface area contributed by atoms with Gasteiger partial charge in [-0.25, -0.2) is 0 Å². The lowest BCUT2D eigenvalue weighted by molar-refractivity contribution is 0.0955. The molecule has 0 radical (unpaired) electrons. The van der Waals surface area contributed by atoms with Crippen LogP contribution in [0.2, 0.25) is 0 Å². The van der Waals surface area contributed by atoms with Gasteiger partial charge in [-0.3, -0.25) is 9.78 Å². The number of carbonyl (C=O) groups excluding carboxylic acids is 1. The van der Waals surface area contributed by atoms with E-state index in [4.69, 9.17) is 0 Å². The molecule has 0 aliphatic carbocycles. The molecule has 0 spiro atoms. The molecule has 3 nitrogen and oxygen atoms in total. The van der Waals surface area contributed by atoms with Gasteiger partial charge in [0.05, 0.1) is 15.1 Å². The Kier molecular flexibility index (Phi) is 4.84. The first-order chi connectivity index (χ1) is 10.7. The topological polar surface area (TPSA) is 42.0 Å². The zero-order valence-electron chi connectivity index (χ0n) is 11.6. The number of hydrogen-bond acceptors (Lipinski definition) is 3. The van der Waals surface area contributed by atoms with Gasteiger partial charge >= 0.3 is 0 Å². The highest BCUT2D eigenvalue weighted by molar-refractivity contribution is 14.1. The molecule has 0 fully saturated rings. The molecular formula is C17H13IN2OS. The van der Waals surface area contributed by atoms with Crippen LogP contribution in [-0.2, 0) is 6.54 Å². The third-order valence-corrected chi connectivity index (χ3v) is 5.04. The minimum absolute atomic E-state index is 0.0579. The van der Waals surface area contributed by atoms with Crippen LogP contribution < -0.4 is 5.32 Å². The van der Waals surface area contributed by atoms with Crippen molar-refractivity contribution in [3.8, 4) is 11.1 Å². The molecule has 110 valence electrons. The molecule has 0 aliphatic rings. The highest BCUT2D eigenvalue weighted by Gasteiger charge is 2.16. The van der Waals surface area contributed by atoms with E-state index < -0.39 is 0 Å². The zero-order valence-corrected chi connectivity index (χ0v) is 14.6. The van der Waals surface area contributed by atoms with E-state index in [1.807, 2.05) is 48.5 Å². The van der Waals surface area contributed by atoms with Gasteiger partial charge in [-0.05, 0) is 46.4 Å². The first-order valence-electron chi connectivity index (χ1n) is 6.77. The Balaban J connectivity index is 1.81. The van der Waals surface area contributed by atoms with Crippen molar-refractivity contribution < 1.29 is 4.79 Å². The van der Waals surface area contributed by atoms with Gasteiger partial charge in [0.25, 0.3) is 5.91 Å². The van der Waals surface area contributed by atoms with Crippen molar-refractivity contribution in [2.24, 2.45) is 0 Å². The fourth-order valence-corrected chi connectivity index (χ4v) is 3.91. The van der Waals surface area contributed by atoms with Crippen molar-refractivity contribution in [3.05, 3.63) is 74.2 Å². The SMILES string of the molecule is O=C(NCc1ccccn1)c1sc(I)cc1-c1ccccc1. The summed E-state index contributed by atoms with van der Waals surface area (Å²) >= 11 is 3.76. The summed E-state index contributed by atoms with van der Waals surface area (Å²) in [6.07, 6.45) is 1.73. The fourth-order valence-electron chi connectivity index (χ4n) is 2.12. The molecule has 1 N–H and O–H groups in total. The van der Waals surface area contributed by atoms with Gasteiger partial charge in [0.1, 0.15) is 4.88 Å². The maximum Gasteiger partial charge on any atom is 0.262 e. The van der Waals surface area contributed by atoms with E-state index in [9.17, 15) is 4.79 Å². The van der Waals surface area contributed by atoms with Crippen molar-refractivity contribution in [3.63, 3.8) is 0 Å². The third-order valence-electron chi connectivity index (χ3n) is 3.15. The first kappa shape index (κ1) is 15.2. The molecule has 0 aliphatic heterocycles. The van der Waals surface area contributed by atoms with E-state index in [1.54, 1.807) is 6.20 Å². The number of carbonyl (C=O) groups is 1. The normalized spacial score (nSPS) is 10.4. The van der Waals surface area contributed by atoms with Crippen LogP contribution in [0.25, 0.3) is 11.1 Å². The lowest BCUT2D eigenvalue weighted by Crippen LogP contribution is -2.22. The van der Waals surface area contributed by atoms with Gasteiger partial charge in [0, 0.05) is 11.8 Å². The molecule has 0 bridgehead atoms. The summed E-state index contributed by atoms with van der Waals surface area (Å²) in [7, 11) is 0. The Bertz CT molecular complexity index is 772. The van der Waals surface area contributed by atoms with Gasteiger partial charge in [-0.2, -0.15) is 0 Å². The Morgan fingerprint density at radius 3 is 2.64 bits per heavy atom. The van der Waals surface area contributed by atoms with Crippen LogP contribution in [0.1, 0.15) is 15.4 Å². The largest absolute Gasteiger partial charge is 0.346 e. The average Bonchev–Trinajstić information content (AvgIpc) is 2.96. The van der Waals surface area contributed by atoms with Crippen LogP contribution in [0.15, 0.2) is 60.8 Å². The standard InChI is InChI=1S/C17H13IN2OS/c18-15-10-14(12-6-2-1-3-7-12)16(22-15)17(21)20-11-13-8-4-5-9-19-13/h1-10H,11H2,(H,20,21). The fraction of sp³-hybridized carbons (Fsp3) is 0.0588. The van der Waals surface area contributed by atoms with Crippen LogP contribution in [0.5, 0.6) is 0 Å². The second-order valence-electron chi connectivity index (χ2n) is 4.66. The quantitative estimate of drug-likeness (QED) is 0.638. The van der Waals surface area contributed by atoms with Gasteiger partial charge in [-0.15, -0.1) is 11.3 Å². The summed E-state index contributed by atoms with van der Waals surface area (Å²) in [6.45, 7) is 0.433. The van der Waals surface area contributed by atoms with Crippen molar-refractivity contribution in [2.45, 2.75) is 6.54 Å². The van der Waals surface area contributed by atoms with Gasteiger partial charge in [-0.1, -0.05) is 36.4 Å². The number of aromatic nitrogens is 1. The maximum absolute atomic E-state index is 12.5. The van der Waals surface area contributed by atoms with E-state index in [1.165, 1.54) is 11.3 Å². The molecule has 0 unspecified atom stereocenters. The van der Waals surface area contributed by atoms with Crippen LogP contribution in [0.4, 0.5) is 0 Å². The molecule has 3 aromatic rings. The maximum atomic E-state index is 12.5. The van der Waals surface area contributed by atoms with E-state index in [-0.39, 0.29) is 5.91 Å². The highest BCUT2D eigenvalue weighted by atomic mass is 127. The summed E-state index contributed by atoms with van der Waals surface area (Å²) in [5.74, 6) is -0.0579. The lowest BCUT2D eigenvalue weighted by atomic mass is 10.1.